The first-order chi connectivity index (χ1) is 10.3. The van der Waals surface area contributed by atoms with Gasteiger partial charge in [0, 0.05) is 17.8 Å². The molecule has 2 aromatic rings. The molecule has 0 aliphatic rings. The number of para-hydroxylation sites is 1. The fourth-order valence-electron chi connectivity index (χ4n) is 2.25. The molecule has 0 saturated heterocycles. The van der Waals surface area contributed by atoms with E-state index in [1.807, 2.05) is 25.2 Å². The molecule has 3 heteroatoms. The number of ether oxygens (including phenoxy) is 1. The number of aromatic nitrogens is 1. The maximum Gasteiger partial charge on any atom is 0.128 e. The zero-order chi connectivity index (χ0) is 15.1. The van der Waals surface area contributed by atoms with Crippen molar-refractivity contribution in [3.8, 4) is 17.0 Å². The number of unbranched alkanes of at least 4 members (excludes halogenated alkanes) is 1. The predicted molar refractivity (Wildman–Crippen MR) is 87.6 cm³/mol. The number of hydrogen-bond acceptors (Lipinski definition) is 3. The minimum Gasteiger partial charge on any atom is -0.493 e. The summed E-state index contributed by atoms with van der Waals surface area (Å²) in [5, 5.41) is 3.17. The number of nitrogens with one attached hydrogen (secondary N) is 1. The summed E-state index contributed by atoms with van der Waals surface area (Å²) in [5.74, 6) is 0.916. The van der Waals surface area contributed by atoms with Crippen LogP contribution >= 0.6 is 0 Å². The zero-order valence-electron chi connectivity index (χ0n) is 13.1. The number of aryl methyl sites for hydroxylation is 1. The van der Waals surface area contributed by atoms with E-state index in [0.717, 1.165) is 48.7 Å². The smallest absolute Gasteiger partial charge is 0.128 e. The molecule has 0 aliphatic carbocycles. The fraction of sp³-hybridized carbons (Fsp3) is 0.389. The van der Waals surface area contributed by atoms with E-state index in [1.54, 1.807) is 0 Å². The third-order valence-electron chi connectivity index (χ3n) is 3.48. The lowest BCUT2D eigenvalue weighted by molar-refractivity contribution is 0.310. The summed E-state index contributed by atoms with van der Waals surface area (Å²) >= 11 is 0. The first-order valence-electron chi connectivity index (χ1n) is 7.59. The molecule has 0 fully saturated rings. The molecule has 0 bridgehead atoms. The highest BCUT2D eigenvalue weighted by Crippen LogP contribution is 2.29. The first-order valence-corrected chi connectivity index (χ1v) is 7.59. The van der Waals surface area contributed by atoms with Crippen LogP contribution in [0.1, 0.15) is 31.0 Å². The first kappa shape index (κ1) is 15.5. The summed E-state index contributed by atoms with van der Waals surface area (Å²) in [7, 11) is 1.95. The lowest BCUT2D eigenvalue weighted by Gasteiger charge is -2.12. The van der Waals surface area contributed by atoms with Gasteiger partial charge in [0.05, 0.1) is 12.3 Å². The molecule has 0 spiro atoms. The van der Waals surface area contributed by atoms with Crippen LogP contribution in [0.15, 0.2) is 36.4 Å². The molecule has 1 N–H and O–H groups in total. The van der Waals surface area contributed by atoms with Crippen molar-refractivity contribution in [3.63, 3.8) is 0 Å². The Hall–Kier alpha value is -1.87. The Morgan fingerprint density at radius 1 is 1.14 bits per heavy atom. The van der Waals surface area contributed by atoms with E-state index < -0.39 is 0 Å². The van der Waals surface area contributed by atoms with Crippen molar-refractivity contribution in [2.24, 2.45) is 0 Å². The topological polar surface area (TPSA) is 34.1 Å². The van der Waals surface area contributed by atoms with Gasteiger partial charge in [0.1, 0.15) is 5.75 Å². The number of benzene rings is 1. The highest BCUT2D eigenvalue weighted by molar-refractivity contribution is 5.67. The van der Waals surface area contributed by atoms with Crippen LogP contribution in [0, 0.1) is 6.92 Å². The van der Waals surface area contributed by atoms with Gasteiger partial charge in [0.25, 0.3) is 0 Å². The Labute approximate surface area is 127 Å². The van der Waals surface area contributed by atoms with E-state index in [-0.39, 0.29) is 0 Å². The average molecular weight is 284 g/mol. The van der Waals surface area contributed by atoms with Crippen molar-refractivity contribution in [2.75, 3.05) is 13.7 Å². The van der Waals surface area contributed by atoms with Gasteiger partial charge in [-0.05, 0) is 44.2 Å². The molecule has 0 unspecified atom stereocenters. The van der Waals surface area contributed by atoms with Gasteiger partial charge in [-0.25, -0.2) is 0 Å². The fourth-order valence-corrected chi connectivity index (χ4v) is 2.25. The van der Waals surface area contributed by atoms with E-state index in [0.29, 0.717) is 0 Å². The van der Waals surface area contributed by atoms with Crippen LogP contribution in [0.4, 0.5) is 0 Å². The van der Waals surface area contributed by atoms with E-state index in [1.165, 1.54) is 5.56 Å². The Bertz CT molecular complexity index is 581. The summed E-state index contributed by atoms with van der Waals surface area (Å²) < 4.78 is 5.90. The van der Waals surface area contributed by atoms with Crippen molar-refractivity contribution in [2.45, 2.75) is 33.2 Å². The highest BCUT2D eigenvalue weighted by Gasteiger charge is 2.09. The van der Waals surface area contributed by atoms with Crippen molar-refractivity contribution >= 4 is 0 Å². The van der Waals surface area contributed by atoms with E-state index >= 15 is 0 Å². The van der Waals surface area contributed by atoms with E-state index in [9.17, 15) is 0 Å². The summed E-state index contributed by atoms with van der Waals surface area (Å²) in [5.41, 5.74) is 4.32. The SMILES string of the molecule is CCCCOc1ccccc1-c1ccc(CNC)c(C)n1. The van der Waals surface area contributed by atoms with Crippen molar-refractivity contribution in [3.05, 3.63) is 47.7 Å². The average Bonchev–Trinajstić information content (AvgIpc) is 2.50. The van der Waals surface area contributed by atoms with Crippen LogP contribution in [0.5, 0.6) is 5.75 Å². The summed E-state index contributed by atoms with van der Waals surface area (Å²) in [6.07, 6.45) is 2.21. The second kappa shape index (κ2) is 7.79. The van der Waals surface area contributed by atoms with Gasteiger partial charge in [-0.2, -0.15) is 0 Å². The standard InChI is InChI=1S/C18H24N2O/c1-4-5-12-21-18-9-7-6-8-16(18)17-11-10-15(13-19-3)14(2)20-17/h6-11,19H,4-5,12-13H2,1-3H3. The molecule has 1 aromatic heterocycles. The highest BCUT2D eigenvalue weighted by atomic mass is 16.5. The quantitative estimate of drug-likeness (QED) is 0.782. The number of nitrogens with zero attached hydrogens (tertiary/aromatic N) is 1. The molecular weight excluding hydrogens is 260 g/mol. The molecule has 112 valence electrons. The van der Waals surface area contributed by atoms with E-state index in [4.69, 9.17) is 9.72 Å². The van der Waals surface area contributed by atoms with Crippen LogP contribution in [-0.4, -0.2) is 18.6 Å². The van der Waals surface area contributed by atoms with Crippen molar-refractivity contribution < 1.29 is 4.74 Å². The minimum absolute atomic E-state index is 0.754. The zero-order valence-corrected chi connectivity index (χ0v) is 13.1. The van der Waals surface area contributed by atoms with Crippen LogP contribution in [-0.2, 0) is 6.54 Å². The van der Waals surface area contributed by atoms with Crippen molar-refractivity contribution in [1.29, 1.82) is 0 Å². The Kier molecular flexibility index (Phi) is 5.76. The summed E-state index contributed by atoms with van der Waals surface area (Å²) in [4.78, 5) is 4.73. The third kappa shape index (κ3) is 4.05. The largest absolute Gasteiger partial charge is 0.493 e. The Balaban J connectivity index is 2.27. The molecule has 0 atom stereocenters. The summed E-state index contributed by atoms with van der Waals surface area (Å²) in [6, 6.07) is 12.3. The van der Waals surface area contributed by atoms with Crippen LogP contribution in [0.3, 0.4) is 0 Å². The molecule has 0 saturated carbocycles. The van der Waals surface area contributed by atoms with Gasteiger partial charge in [-0.3, -0.25) is 4.98 Å². The molecular formula is C18H24N2O. The molecule has 1 aromatic carbocycles. The molecule has 0 radical (unpaired) electrons. The second-order valence-corrected chi connectivity index (χ2v) is 5.17. The van der Waals surface area contributed by atoms with Crippen molar-refractivity contribution in [1.82, 2.24) is 10.3 Å². The van der Waals surface area contributed by atoms with Gasteiger partial charge in [0.2, 0.25) is 0 Å². The van der Waals surface area contributed by atoms with Gasteiger partial charge in [-0.15, -0.1) is 0 Å². The van der Waals surface area contributed by atoms with E-state index in [2.05, 4.69) is 37.4 Å². The molecule has 1 heterocycles. The van der Waals surface area contributed by atoms with Gasteiger partial charge >= 0.3 is 0 Å². The maximum absolute atomic E-state index is 5.90. The van der Waals surface area contributed by atoms with Gasteiger partial charge in [-0.1, -0.05) is 31.5 Å². The lowest BCUT2D eigenvalue weighted by Crippen LogP contribution is -2.07. The van der Waals surface area contributed by atoms with Crippen LogP contribution < -0.4 is 10.1 Å². The van der Waals surface area contributed by atoms with Gasteiger partial charge in [0.15, 0.2) is 0 Å². The van der Waals surface area contributed by atoms with Crippen LogP contribution in [0.2, 0.25) is 0 Å². The maximum atomic E-state index is 5.90. The normalized spacial score (nSPS) is 10.6. The minimum atomic E-state index is 0.754. The molecule has 0 aliphatic heterocycles. The Morgan fingerprint density at radius 3 is 2.67 bits per heavy atom. The Morgan fingerprint density at radius 2 is 1.95 bits per heavy atom. The molecule has 21 heavy (non-hydrogen) atoms. The number of hydrogen-bond donors (Lipinski definition) is 1. The van der Waals surface area contributed by atoms with Gasteiger partial charge < -0.3 is 10.1 Å². The lowest BCUT2D eigenvalue weighted by atomic mass is 10.1. The predicted octanol–water partition coefficient (Wildman–Crippen LogP) is 3.96. The number of pyridine rings is 1. The van der Waals surface area contributed by atoms with Crippen LogP contribution in [0.25, 0.3) is 11.3 Å². The number of rotatable bonds is 7. The molecule has 2 rings (SSSR count). The third-order valence-corrected chi connectivity index (χ3v) is 3.48. The molecule has 0 amide bonds. The molecule has 3 nitrogen and oxygen atoms in total. The second-order valence-electron chi connectivity index (χ2n) is 5.17. The monoisotopic (exact) mass is 284 g/mol. The summed E-state index contributed by atoms with van der Waals surface area (Å²) in [6.45, 7) is 5.81.